The monoisotopic (exact) mass is 527 g/mol. The van der Waals surface area contributed by atoms with E-state index in [4.69, 9.17) is 29.4 Å². The lowest BCUT2D eigenvalue weighted by Crippen LogP contribution is -2.37. The van der Waals surface area contributed by atoms with Crippen molar-refractivity contribution in [2.75, 3.05) is 59.4 Å². The summed E-state index contributed by atoms with van der Waals surface area (Å²) in [7, 11) is 0. The van der Waals surface area contributed by atoms with Gasteiger partial charge in [-0.25, -0.2) is 4.79 Å². The molecule has 0 saturated heterocycles. The Kier molecular flexibility index (Phi) is 19.1. The van der Waals surface area contributed by atoms with Crippen LogP contribution in [-0.4, -0.2) is 100 Å². The molecule has 36 heavy (non-hydrogen) atoms. The molecule has 19 nitrogen and oxygen atoms in total. The van der Waals surface area contributed by atoms with Crippen LogP contribution in [-0.2, 0) is 42.9 Å². The van der Waals surface area contributed by atoms with Gasteiger partial charge in [0.25, 0.3) is 16.6 Å². The molecule has 0 aliphatic rings. The highest BCUT2D eigenvalue weighted by molar-refractivity contribution is 5.96. The second kappa shape index (κ2) is 21.5. The summed E-state index contributed by atoms with van der Waals surface area (Å²) in [5, 5.41) is 20.3. The summed E-state index contributed by atoms with van der Waals surface area (Å²) in [5.41, 5.74) is 5.65. The van der Waals surface area contributed by atoms with Crippen LogP contribution in [0.4, 0.5) is 4.79 Å². The number of alkyl carbamates (subject to hydrolysis) is 1. The highest BCUT2D eigenvalue weighted by atomic mass is 17.0. The van der Waals surface area contributed by atoms with E-state index in [9.17, 15) is 34.6 Å². The van der Waals surface area contributed by atoms with Crippen LogP contribution in [0.2, 0.25) is 0 Å². The number of nitrogens with zero attached hydrogens (tertiary/aromatic N) is 3. The Morgan fingerprint density at radius 2 is 1.47 bits per heavy atom. The van der Waals surface area contributed by atoms with Gasteiger partial charge in [0.1, 0.15) is 38.7 Å². The van der Waals surface area contributed by atoms with Gasteiger partial charge in [-0.3, -0.25) is 19.9 Å². The molecule has 0 aliphatic heterocycles. The zero-order valence-electron chi connectivity index (χ0n) is 19.3. The van der Waals surface area contributed by atoms with Crippen LogP contribution in [0.5, 0.6) is 0 Å². The fraction of sp³-hybridized carbons (Fsp3) is 0.765. The van der Waals surface area contributed by atoms with Gasteiger partial charge in [-0.05, 0) is 6.42 Å². The van der Waals surface area contributed by atoms with Crippen molar-refractivity contribution in [3.63, 3.8) is 0 Å². The van der Waals surface area contributed by atoms with E-state index in [0.29, 0.717) is 6.42 Å². The van der Waals surface area contributed by atoms with Crippen molar-refractivity contribution in [3.8, 4) is 0 Å². The van der Waals surface area contributed by atoms with Crippen molar-refractivity contribution in [1.29, 1.82) is 0 Å². The third kappa shape index (κ3) is 21.8. The number of carbonyl (C=O) groups excluding carboxylic acids is 3. The summed E-state index contributed by atoms with van der Waals surface area (Å²) in [6.45, 7) is -0.552. The number of esters is 1. The Morgan fingerprint density at radius 1 is 0.917 bits per heavy atom. The molecule has 1 atom stereocenters. The summed E-state index contributed by atoms with van der Waals surface area (Å²) < 4.78 is 24.3. The van der Waals surface area contributed by atoms with Gasteiger partial charge >= 0.3 is 12.1 Å². The van der Waals surface area contributed by atoms with E-state index >= 15 is 0 Å². The number of amides is 1. The molecule has 0 rings (SSSR count). The number of hydrogen-bond donors (Lipinski definition) is 2. The van der Waals surface area contributed by atoms with E-state index in [1.165, 1.54) is 0 Å². The fourth-order valence-electron chi connectivity index (χ4n) is 2.12. The second-order valence-electron chi connectivity index (χ2n) is 6.25. The lowest BCUT2D eigenvalue weighted by Gasteiger charge is -2.16. The zero-order chi connectivity index (χ0) is 27.0. The standard InChI is InChI=1S/C17H29N5O14/c18-14(12-16(24)32-8-4-30-6-10-35-21(26)27)19-3-1-2-15(34-13-23)20-17(25)33-9-5-31-7-11-36-22(28)29/h13,15H,1-12H2,(H2,18,19)(H,20,25). The number of amidine groups is 1. The first-order valence-corrected chi connectivity index (χ1v) is 10.4. The predicted molar refractivity (Wildman–Crippen MR) is 114 cm³/mol. The Bertz CT molecular complexity index is 707. The molecule has 0 heterocycles. The molecule has 0 aromatic rings. The molecule has 0 saturated carbocycles. The van der Waals surface area contributed by atoms with Crippen LogP contribution >= 0.6 is 0 Å². The smallest absolute Gasteiger partial charge is 0.410 e. The molecule has 0 fully saturated rings. The van der Waals surface area contributed by atoms with Gasteiger partial charge < -0.3 is 39.1 Å². The van der Waals surface area contributed by atoms with Gasteiger partial charge in [0.15, 0.2) is 6.23 Å². The summed E-state index contributed by atoms with van der Waals surface area (Å²) >= 11 is 0. The van der Waals surface area contributed by atoms with Gasteiger partial charge in [0.2, 0.25) is 0 Å². The average molecular weight is 527 g/mol. The number of hydrogen-bond acceptors (Lipinski definition) is 15. The van der Waals surface area contributed by atoms with E-state index in [-0.39, 0.29) is 84.5 Å². The molecule has 206 valence electrons. The summed E-state index contributed by atoms with van der Waals surface area (Å²) in [4.78, 5) is 65.9. The van der Waals surface area contributed by atoms with Crippen LogP contribution in [0.15, 0.2) is 4.99 Å². The van der Waals surface area contributed by atoms with Crippen molar-refractivity contribution < 1.29 is 57.9 Å². The number of ether oxygens (including phenoxy) is 5. The predicted octanol–water partition coefficient (Wildman–Crippen LogP) is -1.27. The summed E-state index contributed by atoms with van der Waals surface area (Å²) in [6.07, 6.45) is -1.66. The molecule has 0 aliphatic carbocycles. The van der Waals surface area contributed by atoms with Crippen LogP contribution in [0, 0.1) is 20.2 Å². The van der Waals surface area contributed by atoms with Gasteiger partial charge in [-0.15, -0.1) is 20.2 Å². The van der Waals surface area contributed by atoms with E-state index in [1.54, 1.807) is 0 Å². The first-order valence-electron chi connectivity index (χ1n) is 10.4. The normalized spacial score (nSPS) is 11.6. The quantitative estimate of drug-likeness (QED) is 0.0181. The van der Waals surface area contributed by atoms with E-state index in [1.807, 2.05) is 0 Å². The third-order valence-corrected chi connectivity index (χ3v) is 3.56. The van der Waals surface area contributed by atoms with Crippen LogP contribution in [0.25, 0.3) is 0 Å². The van der Waals surface area contributed by atoms with Crippen LogP contribution in [0.3, 0.4) is 0 Å². The largest absolute Gasteiger partial charge is 0.463 e. The number of nitrogens with one attached hydrogen (secondary N) is 1. The number of carbonyl (C=O) groups is 3. The van der Waals surface area contributed by atoms with Gasteiger partial charge in [-0.1, -0.05) is 0 Å². The Morgan fingerprint density at radius 3 is 2.03 bits per heavy atom. The van der Waals surface area contributed by atoms with Gasteiger partial charge in [0.05, 0.1) is 26.4 Å². The van der Waals surface area contributed by atoms with E-state index in [2.05, 4.69) is 20.0 Å². The summed E-state index contributed by atoms with van der Waals surface area (Å²) in [6, 6.07) is 0. The number of rotatable bonds is 23. The van der Waals surface area contributed by atoms with Crippen molar-refractivity contribution >= 4 is 24.4 Å². The molecule has 3 N–H and O–H groups in total. The van der Waals surface area contributed by atoms with Crippen molar-refractivity contribution in [2.24, 2.45) is 10.7 Å². The average Bonchev–Trinajstić information content (AvgIpc) is 2.80. The number of aliphatic imine (C=N–C) groups is 1. The fourth-order valence-corrected chi connectivity index (χ4v) is 2.12. The minimum absolute atomic E-state index is 0.00383. The van der Waals surface area contributed by atoms with E-state index < -0.39 is 28.5 Å². The minimum atomic E-state index is -0.999. The maximum absolute atomic E-state index is 11.7. The molecule has 19 heteroatoms. The molecular weight excluding hydrogens is 498 g/mol. The van der Waals surface area contributed by atoms with Gasteiger partial charge in [-0.2, -0.15) is 0 Å². The Labute approximate surface area is 204 Å². The molecule has 0 bridgehead atoms. The van der Waals surface area contributed by atoms with Crippen LogP contribution in [0.1, 0.15) is 19.3 Å². The Hall–Kier alpha value is -4.00. The molecule has 1 amide bonds. The highest BCUT2D eigenvalue weighted by Gasteiger charge is 2.14. The maximum Gasteiger partial charge on any atom is 0.410 e. The van der Waals surface area contributed by atoms with Gasteiger partial charge in [0, 0.05) is 13.0 Å². The zero-order valence-corrected chi connectivity index (χ0v) is 19.3. The first-order chi connectivity index (χ1) is 17.2. The minimum Gasteiger partial charge on any atom is -0.463 e. The number of nitrogens with two attached hydrogens (primary N) is 1. The molecule has 0 radical (unpaired) electrons. The SMILES string of the molecule is NC(CC(=O)OCCOCCO[N+](=O)[O-])=NCCCC(NC(=O)OCCOCCO[N+](=O)[O-])OC=O. The van der Waals surface area contributed by atoms with Crippen LogP contribution < -0.4 is 11.1 Å². The molecular formula is C17H29N5O14. The lowest BCUT2D eigenvalue weighted by atomic mass is 10.3. The summed E-state index contributed by atoms with van der Waals surface area (Å²) in [5.74, 6) is -0.647. The molecule has 0 aromatic heterocycles. The lowest BCUT2D eigenvalue weighted by molar-refractivity contribution is -0.758. The third-order valence-electron chi connectivity index (χ3n) is 3.56. The van der Waals surface area contributed by atoms with E-state index in [0.717, 1.165) is 0 Å². The molecule has 1 unspecified atom stereocenters. The maximum atomic E-state index is 11.7. The van der Waals surface area contributed by atoms with Crippen molar-refractivity contribution in [2.45, 2.75) is 25.5 Å². The first kappa shape index (κ1) is 32.0. The molecule has 0 spiro atoms. The second-order valence-corrected chi connectivity index (χ2v) is 6.25. The molecule has 0 aromatic carbocycles. The Balaban J connectivity index is 3.97. The highest BCUT2D eigenvalue weighted by Crippen LogP contribution is 2.00. The topological polar surface area (TPSA) is 253 Å². The van der Waals surface area contributed by atoms with Crippen molar-refractivity contribution in [1.82, 2.24) is 5.32 Å². The van der Waals surface area contributed by atoms with Crippen molar-refractivity contribution in [3.05, 3.63) is 20.2 Å².